The van der Waals surface area contributed by atoms with E-state index in [2.05, 4.69) is 5.73 Å². The summed E-state index contributed by atoms with van der Waals surface area (Å²) in [5, 5.41) is 0. The predicted octanol–water partition coefficient (Wildman–Crippen LogP) is 0.886. The summed E-state index contributed by atoms with van der Waals surface area (Å²) in [6.45, 7) is 9.57. The van der Waals surface area contributed by atoms with E-state index in [9.17, 15) is 0 Å². The molecule has 0 aromatic carbocycles. The van der Waals surface area contributed by atoms with Crippen molar-refractivity contribution in [3.05, 3.63) is 0 Å². The smallest absolute Gasteiger partial charge is 0.373 e. The van der Waals surface area contributed by atoms with Crippen molar-refractivity contribution >= 4 is 8.80 Å². The molecule has 0 aliphatic heterocycles. The van der Waals surface area contributed by atoms with Gasteiger partial charge in [0.25, 0.3) is 0 Å². The second-order valence-corrected chi connectivity index (χ2v) is 5.73. The SMILES string of the molecule is CCO[Si](OCC)(OCC)C(N)CC.CN. The Morgan fingerprint density at radius 2 is 1.19 bits per heavy atom. The van der Waals surface area contributed by atoms with Gasteiger partial charge in [0.05, 0.1) is 5.67 Å². The molecule has 0 bridgehead atoms. The van der Waals surface area contributed by atoms with E-state index >= 15 is 0 Å². The van der Waals surface area contributed by atoms with Crippen LogP contribution in [0.2, 0.25) is 0 Å². The Morgan fingerprint density at radius 1 is 0.875 bits per heavy atom. The third kappa shape index (κ3) is 5.93. The summed E-state index contributed by atoms with van der Waals surface area (Å²) in [6.07, 6.45) is 0.812. The molecule has 0 heterocycles. The number of hydrogen-bond donors (Lipinski definition) is 2. The minimum Gasteiger partial charge on any atom is -0.373 e. The minimum absolute atomic E-state index is 0.123. The molecule has 16 heavy (non-hydrogen) atoms. The molecular formula is C10H28N2O3Si. The van der Waals surface area contributed by atoms with Crippen LogP contribution in [0.5, 0.6) is 0 Å². The molecule has 1 unspecified atom stereocenters. The number of nitrogens with two attached hydrogens (primary N) is 2. The largest absolute Gasteiger partial charge is 0.518 e. The zero-order valence-corrected chi connectivity index (χ0v) is 12.3. The van der Waals surface area contributed by atoms with Crippen molar-refractivity contribution in [3.8, 4) is 0 Å². The maximum absolute atomic E-state index is 6.00. The van der Waals surface area contributed by atoms with Crippen molar-refractivity contribution in [2.24, 2.45) is 11.5 Å². The lowest BCUT2D eigenvalue weighted by atomic mass is 10.5. The van der Waals surface area contributed by atoms with Gasteiger partial charge in [0.2, 0.25) is 0 Å². The summed E-state index contributed by atoms with van der Waals surface area (Å²) in [5.74, 6) is 0. The van der Waals surface area contributed by atoms with Crippen LogP contribution in [0, 0.1) is 0 Å². The molecule has 0 fully saturated rings. The first-order valence-corrected chi connectivity index (χ1v) is 7.72. The van der Waals surface area contributed by atoms with E-state index in [4.69, 9.17) is 19.0 Å². The van der Waals surface area contributed by atoms with Gasteiger partial charge in [0.1, 0.15) is 0 Å². The molecule has 4 N–H and O–H groups in total. The molecule has 0 aromatic heterocycles. The molecule has 0 aliphatic carbocycles. The molecule has 0 amide bonds. The molecule has 0 saturated heterocycles. The Morgan fingerprint density at radius 3 is 1.38 bits per heavy atom. The maximum Gasteiger partial charge on any atom is 0.518 e. The minimum atomic E-state index is -2.62. The van der Waals surface area contributed by atoms with Gasteiger partial charge in [-0.25, -0.2) is 0 Å². The van der Waals surface area contributed by atoms with Crippen molar-refractivity contribution in [1.29, 1.82) is 0 Å². The highest BCUT2D eigenvalue weighted by Gasteiger charge is 2.46. The summed E-state index contributed by atoms with van der Waals surface area (Å²) < 4.78 is 16.9. The summed E-state index contributed by atoms with van der Waals surface area (Å²) in [6, 6.07) is 0. The van der Waals surface area contributed by atoms with E-state index in [0.29, 0.717) is 19.8 Å². The Balaban J connectivity index is 0. The summed E-state index contributed by atoms with van der Waals surface area (Å²) in [4.78, 5) is 0. The van der Waals surface area contributed by atoms with Gasteiger partial charge in [-0.05, 0) is 34.2 Å². The molecule has 0 spiro atoms. The fourth-order valence-electron chi connectivity index (χ4n) is 1.30. The van der Waals surface area contributed by atoms with Crippen LogP contribution in [0.3, 0.4) is 0 Å². The second kappa shape index (κ2) is 11.5. The lowest BCUT2D eigenvalue weighted by Gasteiger charge is -2.32. The van der Waals surface area contributed by atoms with Gasteiger partial charge >= 0.3 is 8.80 Å². The van der Waals surface area contributed by atoms with Gasteiger partial charge in [0.15, 0.2) is 0 Å². The number of hydrogen-bond acceptors (Lipinski definition) is 5. The molecule has 0 saturated carbocycles. The fraction of sp³-hybridized carbons (Fsp3) is 1.00. The molecule has 6 heteroatoms. The quantitative estimate of drug-likeness (QED) is 0.627. The van der Waals surface area contributed by atoms with E-state index in [1.165, 1.54) is 7.05 Å². The predicted molar refractivity (Wildman–Crippen MR) is 69.0 cm³/mol. The van der Waals surface area contributed by atoms with Gasteiger partial charge in [-0.2, -0.15) is 0 Å². The van der Waals surface area contributed by atoms with Crippen molar-refractivity contribution in [2.45, 2.75) is 39.8 Å². The van der Waals surface area contributed by atoms with E-state index < -0.39 is 8.80 Å². The highest BCUT2D eigenvalue weighted by molar-refractivity contribution is 6.62. The van der Waals surface area contributed by atoms with E-state index in [1.807, 2.05) is 27.7 Å². The Labute approximate surface area is 101 Å². The van der Waals surface area contributed by atoms with Crippen LogP contribution < -0.4 is 11.5 Å². The summed E-state index contributed by atoms with van der Waals surface area (Å²) in [7, 11) is -1.12. The molecule has 0 aromatic rings. The molecular weight excluding hydrogens is 224 g/mol. The summed E-state index contributed by atoms with van der Waals surface area (Å²) >= 11 is 0. The van der Waals surface area contributed by atoms with E-state index in [1.54, 1.807) is 0 Å². The Hall–Kier alpha value is 0.0169. The average molecular weight is 252 g/mol. The third-order valence-corrected chi connectivity index (χ3v) is 5.32. The lowest BCUT2D eigenvalue weighted by Crippen LogP contribution is -2.60. The Kier molecular flexibility index (Phi) is 13.2. The van der Waals surface area contributed by atoms with Crippen LogP contribution in [-0.2, 0) is 13.3 Å². The van der Waals surface area contributed by atoms with Crippen LogP contribution >= 0.6 is 0 Å². The van der Waals surface area contributed by atoms with Crippen molar-refractivity contribution in [3.63, 3.8) is 0 Å². The highest BCUT2D eigenvalue weighted by atomic mass is 28.4. The van der Waals surface area contributed by atoms with Gasteiger partial charge < -0.3 is 24.7 Å². The molecule has 0 rings (SSSR count). The lowest BCUT2D eigenvalue weighted by molar-refractivity contribution is 0.0618. The Bertz CT molecular complexity index is 133. The summed E-state index contributed by atoms with van der Waals surface area (Å²) in [5.41, 5.74) is 10.4. The number of rotatable bonds is 8. The average Bonchev–Trinajstić information content (AvgIpc) is 2.31. The monoisotopic (exact) mass is 252 g/mol. The molecule has 0 radical (unpaired) electrons. The van der Waals surface area contributed by atoms with Crippen molar-refractivity contribution < 1.29 is 13.3 Å². The zero-order chi connectivity index (χ0) is 13.0. The first-order valence-electron chi connectivity index (χ1n) is 5.91. The van der Waals surface area contributed by atoms with Crippen molar-refractivity contribution in [1.82, 2.24) is 0 Å². The maximum atomic E-state index is 6.00. The fourth-order valence-corrected chi connectivity index (χ4v) is 3.90. The molecule has 0 aliphatic rings. The highest BCUT2D eigenvalue weighted by Crippen LogP contribution is 2.15. The topological polar surface area (TPSA) is 79.7 Å². The molecule has 100 valence electrons. The van der Waals surface area contributed by atoms with Gasteiger partial charge in [-0.3, -0.25) is 0 Å². The van der Waals surface area contributed by atoms with Crippen molar-refractivity contribution in [2.75, 3.05) is 26.9 Å². The first kappa shape index (κ1) is 18.4. The van der Waals surface area contributed by atoms with Gasteiger partial charge in [0, 0.05) is 19.8 Å². The van der Waals surface area contributed by atoms with Gasteiger partial charge in [-0.1, -0.05) is 6.92 Å². The first-order chi connectivity index (χ1) is 7.66. The van der Waals surface area contributed by atoms with Crippen LogP contribution in [0.15, 0.2) is 0 Å². The molecule has 1 atom stereocenters. The standard InChI is InChI=1S/C9H23NO3Si.CH5N/c1-5-9(10)14(11-6-2,12-7-3)13-8-4;1-2/h9H,5-8,10H2,1-4H3;2H2,1H3. The van der Waals surface area contributed by atoms with Crippen LogP contribution in [0.1, 0.15) is 34.1 Å². The van der Waals surface area contributed by atoms with E-state index in [0.717, 1.165) is 6.42 Å². The third-order valence-electron chi connectivity index (χ3n) is 1.93. The zero-order valence-electron chi connectivity index (χ0n) is 11.3. The van der Waals surface area contributed by atoms with Crippen LogP contribution in [0.25, 0.3) is 0 Å². The normalized spacial score (nSPS) is 12.9. The second-order valence-electron chi connectivity index (χ2n) is 2.92. The van der Waals surface area contributed by atoms with E-state index in [-0.39, 0.29) is 5.67 Å². The van der Waals surface area contributed by atoms with Gasteiger partial charge in [-0.15, -0.1) is 0 Å². The van der Waals surface area contributed by atoms with Crippen LogP contribution in [-0.4, -0.2) is 41.3 Å². The van der Waals surface area contributed by atoms with Crippen LogP contribution in [0.4, 0.5) is 0 Å². The molecule has 5 nitrogen and oxygen atoms in total.